The Morgan fingerprint density at radius 3 is 2.29 bits per heavy atom. The van der Waals surface area contributed by atoms with E-state index in [1.165, 1.54) is 11.8 Å². The third-order valence-corrected chi connectivity index (χ3v) is 5.96. The second kappa shape index (κ2) is 8.94. The van der Waals surface area contributed by atoms with Crippen molar-refractivity contribution in [3.8, 4) is 0 Å². The molecule has 2 aliphatic rings. The highest BCUT2D eigenvalue weighted by atomic mass is 35.5. The number of halogens is 1. The zero-order valence-corrected chi connectivity index (χ0v) is 18.1. The topological polar surface area (TPSA) is 69.7 Å². The van der Waals surface area contributed by atoms with Crippen LogP contribution in [0, 0.1) is 0 Å². The molecule has 0 atom stereocenters. The van der Waals surface area contributed by atoms with Gasteiger partial charge in [0.25, 0.3) is 11.8 Å². The van der Waals surface area contributed by atoms with E-state index in [0.29, 0.717) is 27.5 Å². The monoisotopic (exact) mass is 437 g/mol. The van der Waals surface area contributed by atoms with Gasteiger partial charge in [-0.2, -0.15) is 0 Å². The number of piperidine rings is 1. The molecule has 0 aliphatic carbocycles. The van der Waals surface area contributed by atoms with Gasteiger partial charge in [0.05, 0.1) is 12.1 Å². The largest absolute Gasteiger partial charge is 0.366 e. The summed E-state index contributed by atoms with van der Waals surface area (Å²) < 4.78 is 0. The zero-order valence-electron chi connectivity index (χ0n) is 17.4. The first-order valence-electron chi connectivity index (χ1n) is 10.4. The molecule has 0 spiro atoms. The number of nitrogens with zero attached hydrogens (tertiary/aromatic N) is 2. The lowest BCUT2D eigenvalue weighted by atomic mass is 10.0. The number of imide groups is 1. The summed E-state index contributed by atoms with van der Waals surface area (Å²) in [4.78, 5) is 41.5. The Morgan fingerprint density at radius 1 is 0.968 bits per heavy atom. The van der Waals surface area contributed by atoms with Crippen molar-refractivity contribution in [2.45, 2.75) is 32.7 Å². The Morgan fingerprint density at radius 2 is 1.65 bits per heavy atom. The molecule has 6 nitrogen and oxygen atoms in total. The highest BCUT2D eigenvalue weighted by Gasteiger charge is 2.41. The van der Waals surface area contributed by atoms with E-state index in [9.17, 15) is 14.4 Å². The summed E-state index contributed by atoms with van der Waals surface area (Å²) in [7, 11) is 0. The van der Waals surface area contributed by atoms with Crippen molar-refractivity contribution in [2.75, 3.05) is 18.4 Å². The van der Waals surface area contributed by atoms with Crippen molar-refractivity contribution in [2.24, 2.45) is 0 Å². The first-order chi connectivity index (χ1) is 15.0. The summed E-state index contributed by atoms with van der Waals surface area (Å²) >= 11 is 6.29. The van der Waals surface area contributed by atoms with Crippen molar-refractivity contribution in [1.82, 2.24) is 9.80 Å². The maximum Gasteiger partial charge on any atom is 0.278 e. The summed E-state index contributed by atoms with van der Waals surface area (Å²) in [5.41, 5.74) is 2.90. The second-order valence-electron chi connectivity index (χ2n) is 7.82. The first kappa shape index (κ1) is 21.1. The number of anilines is 1. The summed E-state index contributed by atoms with van der Waals surface area (Å²) in [5, 5.41) is 3.25. The van der Waals surface area contributed by atoms with Crippen LogP contribution in [0.4, 0.5) is 5.69 Å². The van der Waals surface area contributed by atoms with Crippen LogP contribution in [0.1, 0.15) is 37.3 Å². The molecule has 2 aliphatic heterocycles. The molecule has 3 amide bonds. The lowest BCUT2D eigenvalue weighted by Gasteiger charge is -2.29. The smallest absolute Gasteiger partial charge is 0.278 e. The molecular weight excluding hydrogens is 414 g/mol. The number of nitrogens with one attached hydrogen (secondary N) is 1. The average Bonchev–Trinajstić information content (AvgIpc) is 3.01. The molecule has 0 radical (unpaired) electrons. The van der Waals surface area contributed by atoms with Gasteiger partial charge in [0.2, 0.25) is 5.91 Å². The summed E-state index contributed by atoms with van der Waals surface area (Å²) in [6.45, 7) is 3.07. The van der Waals surface area contributed by atoms with E-state index in [2.05, 4.69) is 5.32 Å². The Hall–Kier alpha value is -3.12. The fourth-order valence-electron chi connectivity index (χ4n) is 4.10. The van der Waals surface area contributed by atoms with Crippen molar-refractivity contribution in [1.29, 1.82) is 0 Å². The van der Waals surface area contributed by atoms with Gasteiger partial charge in [-0.15, -0.1) is 0 Å². The van der Waals surface area contributed by atoms with E-state index >= 15 is 0 Å². The lowest BCUT2D eigenvalue weighted by Crippen LogP contribution is -2.36. The first-order valence-corrected chi connectivity index (χ1v) is 10.8. The predicted molar refractivity (Wildman–Crippen MR) is 120 cm³/mol. The van der Waals surface area contributed by atoms with Crippen LogP contribution < -0.4 is 5.32 Å². The minimum atomic E-state index is -0.322. The van der Waals surface area contributed by atoms with Gasteiger partial charge >= 0.3 is 0 Å². The van der Waals surface area contributed by atoms with Crippen LogP contribution in [0.5, 0.6) is 0 Å². The van der Waals surface area contributed by atoms with Crippen LogP contribution in [-0.2, 0) is 20.9 Å². The minimum absolute atomic E-state index is 0.127. The fourth-order valence-corrected chi connectivity index (χ4v) is 4.29. The Kier molecular flexibility index (Phi) is 6.09. The average molecular weight is 438 g/mol. The molecule has 7 heteroatoms. The van der Waals surface area contributed by atoms with Crippen molar-refractivity contribution in [3.63, 3.8) is 0 Å². The normalized spacial score (nSPS) is 16.8. The number of likely N-dealkylation sites (tertiary alicyclic amines) is 1. The molecule has 1 saturated heterocycles. The van der Waals surface area contributed by atoms with Crippen molar-refractivity contribution >= 4 is 40.6 Å². The molecule has 160 valence electrons. The van der Waals surface area contributed by atoms with Gasteiger partial charge in [-0.3, -0.25) is 19.3 Å². The minimum Gasteiger partial charge on any atom is -0.366 e. The third kappa shape index (κ3) is 4.35. The number of hydrogen-bond acceptors (Lipinski definition) is 4. The van der Waals surface area contributed by atoms with Gasteiger partial charge in [-0.1, -0.05) is 41.9 Å². The van der Waals surface area contributed by atoms with E-state index in [-0.39, 0.29) is 24.3 Å². The zero-order chi connectivity index (χ0) is 22.0. The molecule has 0 saturated carbocycles. The molecular formula is C24H24ClN3O3. The molecule has 4 rings (SSSR count). The van der Waals surface area contributed by atoms with E-state index in [1.54, 1.807) is 30.3 Å². The highest BCUT2D eigenvalue weighted by molar-refractivity contribution is 6.36. The molecule has 2 aromatic rings. The Labute approximate surface area is 186 Å². The molecule has 0 aromatic heterocycles. The summed E-state index contributed by atoms with van der Waals surface area (Å²) in [5.74, 6) is -0.774. The number of carbonyl (C=O) groups is 3. The van der Waals surface area contributed by atoms with Crippen LogP contribution in [-0.4, -0.2) is 40.6 Å². The van der Waals surface area contributed by atoms with E-state index in [4.69, 9.17) is 11.6 Å². The van der Waals surface area contributed by atoms with Gasteiger partial charge in [-0.25, -0.2) is 0 Å². The van der Waals surface area contributed by atoms with Gasteiger partial charge in [0, 0.05) is 30.7 Å². The number of hydrogen-bond donors (Lipinski definition) is 1. The number of carbonyl (C=O) groups excluding carboxylic acids is 3. The maximum absolute atomic E-state index is 13.5. The SMILES string of the molecule is CC(=O)Nc1ccc(C2=C(N3CCCCC3)C(=O)N(Cc3ccccc3Cl)C2=O)cc1. The quantitative estimate of drug-likeness (QED) is 0.716. The molecule has 0 bridgehead atoms. The molecule has 1 fully saturated rings. The van der Waals surface area contributed by atoms with Crippen molar-refractivity contribution < 1.29 is 14.4 Å². The third-order valence-electron chi connectivity index (χ3n) is 5.60. The van der Waals surface area contributed by atoms with Gasteiger partial charge in [0.1, 0.15) is 5.70 Å². The van der Waals surface area contributed by atoms with E-state index < -0.39 is 0 Å². The summed E-state index contributed by atoms with van der Waals surface area (Å²) in [6.07, 6.45) is 3.10. The number of amides is 3. The van der Waals surface area contributed by atoms with Crippen LogP contribution in [0.15, 0.2) is 54.2 Å². The molecule has 1 N–H and O–H groups in total. The molecule has 2 aromatic carbocycles. The van der Waals surface area contributed by atoms with Gasteiger partial charge in [0.15, 0.2) is 0 Å². The van der Waals surface area contributed by atoms with Crippen molar-refractivity contribution in [3.05, 3.63) is 70.4 Å². The Balaban J connectivity index is 1.71. The maximum atomic E-state index is 13.5. The van der Waals surface area contributed by atoms with Gasteiger partial charge < -0.3 is 10.2 Å². The number of rotatable bonds is 5. The van der Waals surface area contributed by atoms with E-state index in [1.807, 2.05) is 23.1 Å². The molecule has 2 heterocycles. The standard InChI is InChI=1S/C24H24ClN3O3/c1-16(29)26-19-11-9-17(10-12-19)21-22(27-13-5-2-6-14-27)24(31)28(23(21)30)15-18-7-3-4-8-20(18)25/h3-4,7-12H,2,5-6,13-15H2,1H3,(H,26,29). The van der Waals surface area contributed by atoms with Crippen LogP contribution in [0.2, 0.25) is 5.02 Å². The van der Waals surface area contributed by atoms with Gasteiger partial charge in [-0.05, 0) is 48.6 Å². The van der Waals surface area contributed by atoms with E-state index in [0.717, 1.165) is 37.9 Å². The lowest BCUT2D eigenvalue weighted by molar-refractivity contribution is -0.138. The number of benzene rings is 2. The van der Waals surface area contributed by atoms with Crippen LogP contribution >= 0.6 is 11.6 Å². The Bertz CT molecular complexity index is 1060. The highest BCUT2D eigenvalue weighted by Crippen LogP contribution is 2.35. The fraction of sp³-hybridized carbons (Fsp3) is 0.292. The predicted octanol–water partition coefficient (Wildman–Crippen LogP) is 4.06. The second-order valence-corrected chi connectivity index (χ2v) is 8.22. The summed E-state index contributed by atoms with van der Waals surface area (Å²) in [6, 6.07) is 14.3. The molecule has 0 unspecified atom stereocenters. The van der Waals surface area contributed by atoms with Crippen LogP contribution in [0.3, 0.4) is 0 Å². The van der Waals surface area contributed by atoms with Crippen LogP contribution in [0.25, 0.3) is 5.57 Å². The molecule has 31 heavy (non-hydrogen) atoms.